The van der Waals surface area contributed by atoms with E-state index in [0.717, 1.165) is 0 Å². The summed E-state index contributed by atoms with van der Waals surface area (Å²) >= 11 is 0. The first-order chi connectivity index (χ1) is 8.77. The maximum Gasteiger partial charge on any atom is 0.125 e. The summed E-state index contributed by atoms with van der Waals surface area (Å²) in [6, 6.07) is 4.08. The van der Waals surface area contributed by atoms with Gasteiger partial charge in [0.2, 0.25) is 0 Å². The van der Waals surface area contributed by atoms with Gasteiger partial charge in [-0.2, -0.15) is 0 Å². The van der Waals surface area contributed by atoms with E-state index in [0.29, 0.717) is 11.2 Å². The molecule has 1 aliphatic heterocycles. The Balaban J connectivity index is 1.66. The minimum Gasteiger partial charge on any atom is -0.384 e. The van der Waals surface area contributed by atoms with Crippen molar-refractivity contribution in [2.75, 3.05) is 23.7 Å². The van der Waals surface area contributed by atoms with E-state index < -0.39 is 0 Å². The van der Waals surface area contributed by atoms with Crippen molar-refractivity contribution >= 4 is 11.5 Å². The van der Waals surface area contributed by atoms with Crippen LogP contribution in [0, 0.1) is 5.41 Å². The molecule has 1 aromatic heterocycles. The third-order valence-electron chi connectivity index (χ3n) is 4.87. The number of aromatic nitrogens is 1. The van der Waals surface area contributed by atoms with Crippen LogP contribution < -0.4 is 10.6 Å². The lowest BCUT2D eigenvalue weighted by Crippen LogP contribution is -2.41. The fraction of sp³-hybridized carbons (Fsp3) is 0.667. The number of nitrogen functional groups attached to an aromatic ring is 1. The van der Waals surface area contributed by atoms with E-state index in [2.05, 4.69) is 16.0 Å². The van der Waals surface area contributed by atoms with Gasteiger partial charge in [-0.25, -0.2) is 4.98 Å². The topological polar surface area (TPSA) is 42.1 Å². The summed E-state index contributed by atoms with van der Waals surface area (Å²) in [5.74, 6) is 0.630. The normalized spacial score (nSPS) is 23.2. The molecule has 1 saturated carbocycles. The van der Waals surface area contributed by atoms with E-state index >= 15 is 0 Å². The second-order valence-electron chi connectivity index (χ2n) is 5.99. The zero-order valence-corrected chi connectivity index (χ0v) is 11.1. The number of nitrogens with two attached hydrogens (primary N) is 1. The van der Waals surface area contributed by atoms with Crippen LogP contribution in [0.1, 0.15) is 44.9 Å². The Morgan fingerprint density at radius 1 is 1.06 bits per heavy atom. The highest BCUT2D eigenvalue weighted by Crippen LogP contribution is 2.45. The summed E-state index contributed by atoms with van der Waals surface area (Å²) in [7, 11) is 0. The number of pyridine rings is 1. The van der Waals surface area contributed by atoms with Gasteiger partial charge in [0.15, 0.2) is 0 Å². The molecule has 2 fully saturated rings. The lowest BCUT2D eigenvalue weighted by Gasteiger charge is -2.45. The molecule has 2 heterocycles. The van der Waals surface area contributed by atoms with Gasteiger partial charge in [0.05, 0.1) is 0 Å². The van der Waals surface area contributed by atoms with Crippen LogP contribution in [-0.2, 0) is 0 Å². The zero-order chi connectivity index (χ0) is 12.4. The predicted molar refractivity (Wildman–Crippen MR) is 75.6 cm³/mol. The van der Waals surface area contributed by atoms with Crippen LogP contribution in [0.25, 0.3) is 0 Å². The van der Waals surface area contributed by atoms with Gasteiger partial charge in [-0.1, -0.05) is 19.3 Å². The van der Waals surface area contributed by atoms with Gasteiger partial charge in [-0.3, -0.25) is 0 Å². The van der Waals surface area contributed by atoms with Crippen molar-refractivity contribution in [2.45, 2.75) is 44.9 Å². The van der Waals surface area contributed by atoms with Gasteiger partial charge in [-0.15, -0.1) is 0 Å². The number of hydrogen-bond donors (Lipinski definition) is 1. The Hall–Kier alpha value is -1.25. The molecule has 0 radical (unpaired) electrons. The number of rotatable bonds is 1. The molecule has 3 rings (SSSR count). The quantitative estimate of drug-likeness (QED) is 0.826. The van der Waals surface area contributed by atoms with Crippen molar-refractivity contribution in [2.24, 2.45) is 5.41 Å². The van der Waals surface area contributed by atoms with Gasteiger partial charge in [-0.05, 0) is 37.2 Å². The highest BCUT2D eigenvalue weighted by atomic mass is 15.1. The van der Waals surface area contributed by atoms with Crippen LogP contribution in [0.3, 0.4) is 0 Å². The molecule has 18 heavy (non-hydrogen) atoms. The van der Waals surface area contributed by atoms with Gasteiger partial charge in [0.1, 0.15) is 5.82 Å². The maximum absolute atomic E-state index is 5.76. The molecule has 3 nitrogen and oxygen atoms in total. The third-order valence-corrected chi connectivity index (χ3v) is 4.87. The first kappa shape index (κ1) is 11.8. The standard InChI is InChI=1S/C15H23N3/c16-14-12-13(4-9-17-14)18-10-7-15(8-11-18)5-2-1-3-6-15/h4,9,12H,1-3,5-8,10-11H2,(H2,16,17). The summed E-state index contributed by atoms with van der Waals surface area (Å²) in [6.45, 7) is 2.37. The zero-order valence-electron chi connectivity index (χ0n) is 11.1. The minimum atomic E-state index is 0.630. The van der Waals surface area contributed by atoms with Crippen LogP contribution >= 0.6 is 0 Å². The average molecular weight is 245 g/mol. The molecule has 2 aliphatic rings. The second-order valence-corrected chi connectivity index (χ2v) is 5.99. The number of anilines is 2. The van der Waals surface area contributed by atoms with Crippen molar-refractivity contribution in [3.8, 4) is 0 Å². The minimum absolute atomic E-state index is 0.630. The van der Waals surface area contributed by atoms with Crippen molar-refractivity contribution < 1.29 is 0 Å². The Bertz CT molecular complexity index is 400. The smallest absolute Gasteiger partial charge is 0.125 e. The maximum atomic E-state index is 5.76. The third kappa shape index (κ3) is 2.31. The van der Waals surface area contributed by atoms with Gasteiger partial charge < -0.3 is 10.6 Å². The van der Waals surface area contributed by atoms with E-state index in [9.17, 15) is 0 Å². The van der Waals surface area contributed by atoms with Crippen LogP contribution in [0.4, 0.5) is 11.5 Å². The van der Waals surface area contributed by atoms with Crippen molar-refractivity contribution in [1.29, 1.82) is 0 Å². The molecule has 98 valence electrons. The van der Waals surface area contributed by atoms with Crippen LogP contribution in [0.5, 0.6) is 0 Å². The van der Waals surface area contributed by atoms with Crippen molar-refractivity contribution in [3.05, 3.63) is 18.3 Å². The Morgan fingerprint density at radius 2 is 1.78 bits per heavy atom. The molecule has 0 bridgehead atoms. The fourth-order valence-corrected chi connectivity index (χ4v) is 3.67. The molecule has 0 atom stereocenters. The molecular formula is C15H23N3. The largest absolute Gasteiger partial charge is 0.384 e. The molecule has 0 aromatic carbocycles. The molecular weight excluding hydrogens is 222 g/mol. The lowest BCUT2D eigenvalue weighted by atomic mass is 9.68. The first-order valence-electron chi connectivity index (χ1n) is 7.24. The van der Waals surface area contributed by atoms with Crippen molar-refractivity contribution in [1.82, 2.24) is 4.98 Å². The average Bonchev–Trinajstić information content (AvgIpc) is 2.40. The molecule has 1 aliphatic carbocycles. The molecule has 1 spiro atoms. The monoisotopic (exact) mass is 245 g/mol. The van der Waals surface area contributed by atoms with Crippen molar-refractivity contribution in [3.63, 3.8) is 0 Å². The molecule has 0 unspecified atom stereocenters. The number of hydrogen-bond acceptors (Lipinski definition) is 3. The predicted octanol–water partition coefficient (Wildman–Crippen LogP) is 3.21. The molecule has 0 amide bonds. The summed E-state index contributed by atoms with van der Waals surface area (Å²) in [5.41, 5.74) is 7.68. The lowest BCUT2D eigenvalue weighted by molar-refractivity contribution is 0.144. The highest BCUT2D eigenvalue weighted by molar-refractivity contribution is 5.52. The first-order valence-corrected chi connectivity index (χ1v) is 7.24. The molecule has 3 heteroatoms. The summed E-state index contributed by atoms with van der Waals surface area (Å²) in [6.07, 6.45) is 11.8. The molecule has 1 aromatic rings. The van der Waals surface area contributed by atoms with E-state index in [1.165, 1.54) is 63.7 Å². The van der Waals surface area contributed by atoms with E-state index in [4.69, 9.17) is 5.73 Å². The summed E-state index contributed by atoms with van der Waals surface area (Å²) in [5, 5.41) is 0. The van der Waals surface area contributed by atoms with Crippen LogP contribution in [0.2, 0.25) is 0 Å². The Morgan fingerprint density at radius 3 is 2.44 bits per heavy atom. The van der Waals surface area contributed by atoms with Gasteiger partial charge >= 0.3 is 0 Å². The number of nitrogens with zero attached hydrogens (tertiary/aromatic N) is 2. The fourth-order valence-electron chi connectivity index (χ4n) is 3.67. The Kier molecular flexibility index (Phi) is 3.14. The van der Waals surface area contributed by atoms with Crippen LogP contribution in [0.15, 0.2) is 18.3 Å². The molecule has 1 saturated heterocycles. The van der Waals surface area contributed by atoms with Gasteiger partial charge in [0, 0.05) is 31.0 Å². The van der Waals surface area contributed by atoms with E-state index in [-0.39, 0.29) is 0 Å². The van der Waals surface area contributed by atoms with Crippen LogP contribution in [-0.4, -0.2) is 18.1 Å². The highest BCUT2D eigenvalue weighted by Gasteiger charge is 2.35. The number of piperidine rings is 1. The SMILES string of the molecule is Nc1cc(N2CCC3(CCCCC3)CC2)ccn1. The summed E-state index contributed by atoms with van der Waals surface area (Å²) in [4.78, 5) is 6.54. The molecule has 2 N–H and O–H groups in total. The summed E-state index contributed by atoms with van der Waals surface area (Å²) < 4.78 is 0. The Labute approximate surface area is 109 Å². The van der Waals surface area contributed by atoms with E-state index in [1.54, 1.807) is 0 Å². The van der Waals surface area contributed by atoms with E-state index in [1.807, 2.05) is 12.3 Å². The second kappa shape index (κ2) is 4.79. The van der Waals surface area contributed by atoms with Gasteiger partial charge in [0.25, 0.3) is 0 Å².